The molecular formula is C17H15Br2IO4. The number of benzene rings is 2. The maximum atomic E-state index is 11.7. The zero-order valence-electron chi connectivity index (χ0n) is 12.8. The highest BCUT2D eigenvalue weighted by Crippen LogP contribution is 2.38. The summed E-state index contributed by atoms with van der Waals surface area (Å²) in [6.07, 6.45) is 0. The number of hydrogen-bond acceptors (Lipinski definition) is 3. The second kappa shape index (κ2) is 9.17. The summed E-state index contributed by atoms with van der Waals surface area (Å²) >= 11 is 9.36. The van der Waals surface area contributed by atoms with Crippen LogP contribution in [-0.4, -0.2) is 30.3 Å². The Balaban J connectivity index is 2.63. The lowest BCUT2D eigenvalue weighted by molar-refractivity contribution is 0.0511. The maximum absolute atomic E-state index is 11.7. The number of halogens is 3. The van der Waals surface area contributed by atoms with Gasteiger partial charge in [-0.25, -0.2) is 4.79 Å². The predicted octanol–water partition coefficient (Wildman–Crippen LogP) is 5.47. The minimum Gasteiger partial charge on any atom is -0.478 e. The topological polar surface area (TPSA) is 55.8 Å². The monoisotopic (exact) mass is 568 g/mol. The molecule has 2 rings (SSSR count). The number of methoxy groups -OCH3 is 1. The number of alkyl halides is 2. The summed E-state index contributed by atoms with van der Waals surface area (Å²) in [5, 5.41) is 10.3. The smallest absolute Gasteiger partial charge is 0.336 e. The largest absolute Gasteiger partial charge is 0.478 e. The Morgan fingerprint density at radius 1 is 1.25 bits per heavy atom. The molecule has 0 aliphatic heterocycles. The van der Waals surface area contributed by atoms with Crippen LogP contribution in [-0.2, 0) is 4.74 Å². The first-order chi connectivity index (χ1) is 11.5. The molecule has 0 aromatic heterocycles. The summed E-state index contributed by atoms with van der Waals surface area (Å²) in [6, 6.07) is 10.9. The molecule has 0 amide bonds. The van der Waals surface area contributed by atoms with Gasteiger partial charge >= 0.3 is 5.97 Å². The fraction of sp³-hybridized carbons (Fsp3) is 0.235. The molecule has 4 nitrogen and oxygen atoms in total. The Labute approximate surface area is 170 Å². The van der Waals surface area contributed by atoms with Crippen LogP contribution in [0.5, 0.6) is 5.75 Å². The van der Waals surface area contributed by atoms with Gasteiger partial charge in [0.25, 0.3) is 0 Å². The molecule has 0 saturated heterocycles. The third kappa shape index (κ3) is 4.71. The zero-order valence-corrected chi connectivity index (χ0v) is 18.1. The van der Waals surface area contributed by atoms with Crippen molar-refractivity contribution in [3.8, 4) is 16.9 Å². The number of aromatic carboxylic acids is 1. The molecule has 2 aromatic carbocycles. The first-order valence-electron chi connectivity index (χ1n) is 6.96. The molecular weight excluding hydrogens is 555 g/mol. The molecule has 7 heteroatoms. The minimum absolute atomic E-state index is 0.0624. The number of carbonyl (C=O) groups is 1. The molecule has 2 aromatic rings. The minimum atomic E-state index is -0.974. The molecule has 24 heavy (non-hydrogen) atoms. The Bertz CT molecular complexity index is 737. The van der Waals surface area contributed by atoms with E-state index in [2.05, 4.69) is 54.5 Å². The van der Waals surface area contributed by atoms with Crippen LogP contribution in [0, 0.1) is 3.57 Å². The Morgan fingerprint density at radius 2 is 2.00 bits per heavy atom. The summed E-state index contributed by atoms with van der Waals surface area (Å²) < 4.78 is 11.5. The van der Waals surface area contributed by atoms with E-state index in [9.17, 15) is 9.90 Å². The predicted molar refractivity (Wildman–Crippen MR) is 110 cm³/mol. The Kier molecular flexibility index (Phi) is 7.52. The van der Waals surface area contributed by atoms with Crippen molar-refractivity contribution in [1.29, 1.82) is 0 Å². The van der Waals surface area contributed by atoms with Gasteiger partial charge in [0.1, 0.15) is 5.75 Å². The van der Waals surface area contributed by atoms with Gasteiger partial charge in [-0.1, -0.05) is 37.9 Å². The van der Waals surface area contributed by atoms with Gasteiger partial charge < -0.3 is 14.6 Å². The van der Waals surface area contributed by atoms with E-state index < -0.39 is 5.97 Å². The van der Waals surface area contributed by atoms with E-state index in [0.717, 1.165) is 14.7 Å². The molecule has 1 atom stereocenters. The highest BCUT2D eigenvalue weighted by Gasteiger charge is 2.19. The lowest BCUT2D eigenvalue weighted by Gasteiger charge is -2.17. The Hall–Kier alpha value is -0.640. The van der Waals surface area contributed by atoms with Crippen LogP contribution in [0.2, 0.25) is 0 Å². The summed E-state index contributed by atoms with van der Waals surface area (Å²) in [5.41, 5.74) is 2.73. The second-order valence-corrected chi connectivity index (χ2v) is 7.92. The summed E-state index contributed by atoms with van der Waals surface area (Å²) in [7, 11) is 1.54. The second-order valence-electron chi connectivity index (χ2n) is 4.92. The molecule has 0 aliphatic carbocycles. The molecule has 0 saturated carbocycles. The van der Waals surface area contributed by atoms with E-state index in [4.69, 9.17) is 9.47 Å². The summed E-state index contributed by atoms with van der Waals surface area (Å²) in [4.78, 5) is 11.7. The van der Waals surface area contributed by atoms with Crippen LogP contribution in [0.25, 0.3) is 11.1 Å². The maximum Gasteiger partial charge on any atom is 0.336 e. The lowest BCUT2D eigenvalue weighted by atomic mass is 9.94. The SMILES string of the molecule is COCOc1ccc(C(=O)O)c(-c2ccc(I)cc2C(Br)CBr)c1. The zero-order chi connectivity index (χ0) is 17.7. The number of ether oxygens (including phenoxy) is 2. The molecule has 0 spiro atoms. The fourth-order valence-corrected chi connectivity index (χ4v) is 3.51. The Morgan fingerprint density at radius 3 is 2.62 bits per heavy atom. The van der Waals surface area contributed by atoms with E-state index in [1.54, 1.807) is 18.2 Å². The van der Waals surface area contributed by atoms with Gasteiger partial charge in [-0.05, 0) is 64.0 Å². The van der Waals surface area contributed by atoms with Crippen molar-refractivity contribution >= 4 is 60.4 Å². The van der Waals surface area contributed by atoms with Crippen molar-refractivity contribution in [2.24, 2.45) is 0 Å². The van der Waals surface area contributed by atoms with E-state index in [1.807, 2.05) is 18.2 Å². The van der Waals surface area contributed by atoms with Gasteiger partial charge in [-0.2, -0.15) is 0 Å². The summed E-state index contributed by atoms with van der Waals surface area (Å²) in [6.45, 7) is 0.105. The lowest BCUT2D eigenvalue weighted by Crippen LogP contribution is -2.05. The molecule has 128 valence electrons. The van der Waals surface area contributed by atoms with Crippen molar-refractivity contribution < 1.29 is 19.4 Å². The van der Waals surface area contributed by atoms with Crippen LogP contribution in [0.3, 0.4) is 0 Å². The van der Waals surface area contributed by atoms with Crippen LogP contribution < -0.4 is 4.74 Å². The average Bonchev–Trinajstić information content (AvgIpc) is 2.58. The molecule has 0 heterocycles. The van der Waals surface area contributed by atoms with Crippen molar-refractivity contribution in [3.05, 3.63) is 51.1 Å². The standard InChI is InChI=1S/C17H15Br2IO4/c1-23-9-24-11-3-5-13(17(21)22)14(7-11)12-4-2-10(20)6-15(12)16(19)8-18/h2-7,16H,8-9H2,1H3,(H,21,22). The molecule has 0 radical (unpaired) electrons. The molecule has 0 fully saturated rings. The third-order valence-electron chi connectivity index (χ3n) is 3.34. The normalized spacial score (nSPS) is 12.0. The van der Waals surface area contributed by atoms with Crippen LogP contribution in [0.1, 0.15) is 20.7 Å². The van der Waals surface area contributed by atoms with Gasteiger partial charge in [0.05, 0.1) is 5.56 Å². The van der Waals surface area contributed by atoms with Crippen molar-refractivity contribution in [1.82, 2.24) is 0 Å². The number of hydrogen-bond donors (Lipinski definition) is 1. The first-order valence-corrected chi connectivity index (χ1v) is 10.1. The molecule has 1 unspecified atom stereocenters. The number of rotatable bonds is 7. The van der Waals surface area contributed by atoms with Gasteiger partial charge in [-0.3, -0.25) is 0 Å². The quantitative estimate of drug-likeness (QED) is 0.273. The van der Waals surface area contributed by atoms with Crippen LogP contribution >= 0.6 is 54.5 Å². The van der Waals surface area contributed by atoms with Gasteiger partial charge in [0.15, 0.2) is 6.79 Å². The summed E-state index contributed by atoms with van der Waals surface area (Å²) in [5.74, 6) is -0.413. The van der Waals surface area contributed by atoms with E-state index in [0.29, 0.717) is 16.6 Å². The van der Waals surface area contributed by atoms with Crippen molar-refractivity contribution in [2.75, 3.05) is 19.2 Å². The third-order valence-corrected chi connectivity index (χ3v) is 6.35. The van der Waals surface area contributed by atoms with Gasteiger partial charge in [-0.15, -0.1) is 0 Å². The molecule has 0 aliphatic rings. The number of carboxylic acid groups (broad SMARTS) is 1. The van der Waals surface area contributed by atoms with Crippen molar-refractivity contribution in [2.45, 2.75) is 4.83 Å². The van der Waals surface area contributed by atoms with E-state index >= 15 is 0 Å². The molecule has 0 bridgehead atoms. The first kappa shape index (κ1) is 19.7. The van der Waals surface area contributed by atoms with Gasteiger partial charge in [0, 0.05) is 26.4 Å². The molecule has 1 N–H and O–H groups in total. The number of carboxylic acids is 1. The fourth-order valence-electron chi connectivity index (χ4n) is 2.27. The van der Waals surface area contributed by atoms with Crippen molar-refractivity contribution in [3.63, 3.8) is 0 Å². The van der Waals surface area contributed by atoms with Crippen LogP contribution in [0.15, 0.2) is 36.4 Å². The average molecular weight is 570 g/mol. The highest BCUT2D eigenvalue weighted by molar-refractivity contribution is 14.1. The van der Waals surface area contributed by atoms with Gasteiger partial charge in [0.2, 0.25) is 0 Å². The van der Waals surface area contributed by atoms with E-state index in [-0.39, 0.29) is 17.2 Å². The van der Waals surface area contributed by atoms with Crippen LogP contribution in [0.4, 0.5) is 0 Å². The highest BCUT2D eigenvalue weighted by atomic mass is 127. The van der Waals surface area contributed by atoms with E-state index in [1.165, 1.54) is 7.11 Å².